The number of benzene rings is 1. The van der Waals surface area contributed by atoms with Gasteiger partial charge < -0.3 is 11.1 Å². The van der Waals surface area contributed by atoms with Crippen LogP contribution in [0.4, 0.5) is 18.9 Å². The molecule has 4 nitrogen and oxygen atoms in total. The largest absolute Gasteiger partial charge is 0.416 e. The van der Waals surface area contributed by atoms with Crippen molar-refractivity contribution in [1.29, 1.82) is 0 Å². The van der Waals surface area contributed by atoms with Gasteiger partial charge in [-0.25, -0.2) is 0 Å². The number of nitrogen functional groups attached to an aromatic ring is 1. The van der Waals surface area contributed by atoms with Gasteiger partial charge in [0.1, 0.15) is 5.75 Å². The van der Waals surface area contributed by atoms with Gasteiger partial charge in [0.25, 0.3) is 0 Å². The van der Waals surface area contributed by atoms with E-state index in [0.29, 0.717) is 6.54 Å². The molecule has 112 valence electrons. The van der Waals surface area contributed by atoms with Crippen LogP contribution in [0.1, 0.15) is 18.9 Å². The lowest BCUT2D eigenvalue weighted by Gasteiger charge is -2.10. The van der Waals surface area contributed by atoms with Crippen LogP contribution in [0.2, 0.25) is 0 Å². The van der Waals surface area contributed by atoms with Gasteiger partial charge in [-0.1, -0.05) is 6.92 Å². The molecule has 1 rings (SSSR count). The summed E-state index contributed by atoms with van der Waals surface area (Å²) in [5.41, 5.74) is 4.32. The lowest BCUT2D eigenvalue weighted by Crippen LogP contribution is -2.29. The molecule has 0 saturated carbocycles. The van der Waals surface area contributed by atoms with Gasteiger partial charge in [0.15, 0.2) is 0 Å². The number of amides is 1. The second kappa shape index (κ2) is 6.74. The van der Waals surface area contributed by atoms with Crippen LogP contribution < -0.4 is 11.1 Å². The van der Waals surface area contributed by atoms with E-state index in [1.807, 2.05) is 6.92 Å². The number of alkyl halides is 3. The molecular weight excluding hydrogens is 293 g/mol. The zero-order valence-corrected chi connectivity index (χ0v) is 11.6. The van der Waals surface area contributed by atoms with E-state index in [1.165, 1.54) is 0 Å². The first-order valence-electron chi connectivity index (χ1n) is 5.87. The average molecular weight is 308 g/mol. The first-order chi connectivity index (χ1) is 9.25. The Morgan fingerprint density at radius 3 is 2.55 bits per heavy atom. The lowest BCUT2D eigenvalue weighted by atomic mass is 10.2. The highest BCUT2D eigenvalue weighted by Crippen LogP contribution is 2.32. The number of hydrogen-bond acceptors (Lipinski definition) is 3. The van der Waals surface area contributed by atoms with Crippen molar-refractivity contribution in [2.24, 2.45) is 0 Å². The highest BCUT2D eigenvalue weighted by atomic mass is 32.2. The molecule has 0 radical (unpaired) electrons. The molecule has 8 heteroatoms. The maximum absolute atomic E-state index is 12.5. The Labute approximate surface area is 117 Å². The summed E-state index contributed by atoms with van der Waals surface area (Å²) in [7, 11) is -1.77. The molecule has 1 atom stereocenters. The fraction of sp³-hybridized carbons (Fsp3) is 0.417. The van der Waals surface area contributed by atoms with Crippen molar-refractivity contribution in [3.63, 3.8) is 0 Å². The van der Waals surface area contributed by atoms with Crippen LogP contribution in [0, 0.1) is 0 Å². The van der Waals surface area contributed by atoms with Crippen LogP contribution >= 0.6 is 0 Å². The highest BCUT2D eigenvalue weighted by Gasteiger charge is 2.31. The first kappa shape index (κ1) is 16.5. The van der Waals surface area contributed by atoms with Crippen molar-refractivity contribution in [2.75, 3.05) is 18.0 Å². The first-order valence-corrected chi connectivity index (χ1v) is 7.19. The van der Waals surface area contributed by atoms with Crippen LogP contribution in [-0.2, 0) is 21.8 Å². The minimum absolute atomic E-state index is 0.0321. The molecule has 0 bridgehead atoms. The molecule has 0 aliphatic rings. The van der Waals surface area contributed by atoms with Gasteiger partial charge in [0, 0.05) is 12.2 Å². The van der Waals surface area contributed by atoms with E-state index in [4.69, 9.17) is 5.73 Å². The van der Waals surface area contributed by atoms with E-state index >= 15 is 0 Å². The molecule has 0 saturated heterocycles. The molecule has 0 fully saturated rings. The second-order valence-corrected chi connectivity index (χ2v) is 5.51. The van der Waals surface area contributed by atoms with Crippen LogP contribution in [0.15, 0.2) is 23.1 Å². The second-order valence-electron chi connectivity index (χ2n) is 4.09. The molecule has 0 heterocycles. The third-order valence-electron chi connectivity index (χ3n) is 2.42. The number of nitrogens with two attached hydrogens (primary N) is 1. The van der Waals surface area contributed by atoms with Crippen molar-refractivity contribution >= 4 is 22.4 Å². The SMILES string of the molecule is CCCNC(=O)CS(=O)c1ccc(C(F)(F)F)cc1N. The normalized spacial score (nSPS) is 13.0. The van der Waals surface area contributed by atoms with Gasteiger partial charge in [-0.15, -0.1) is 0 Å². The number of hydrogen-bond donors (Lipinski definition) is 2. The van der Waals surface area contributed by atoms with Crippen LogP contribution in [0.5, 0.6) is 0 Å². The predicted octanol–water partition coefficient (Wildman–Crippen LogP) is 1.92. The summed E-state index contributed by atoms with van der Waals surface area (Å²) < 4.78 is 49.3. The third-order valence-corrected chi connectivity index (χ3v) is 3.80. The van der Waals surface area contributed by atoms with Gasteiger partial charge in [-0.2, -0.15) is 13.2 Å². The quantitative estimate of drug-likeness (QED) is 0.816. The summed E-state index contributed by atoms with van der Waals surface area (Å²) in [6.45, 7) is 2.32. The molecule has 0 aliphatic heterocycles. The number of carbonyl (C=O) groups is 1. The topological polar surface area (TPSA) is 72.2 Å². The minimum atomic E-state index is -4.51. The van der Waals surface area contributed by atoms with Gasteiger partial charge in [0.05, 0.1) is 21.3 Å². The van der Waals surface area contributed by atoms with E-state index in [1.54, 1.807) is 0 Å². The fourth-order valence-corrected chi connectivity index (χ4v) is 2.48. The summed E-state index contributed by atoms with van der Waals surface area (Å²) in [5.74, 6) is -0.750. The Kier molecular flexibility index (Phi) is 5.55. The lowest BCUT2D eigenvalue weighted by molar-refractivity contribution is -0.137. The predicted molar refractivity (Wildman–Crippen MR) is 70.4 cm³/mol. The zero-order chi connectivity index (χ0) is 15.3. The van der Waals surface area contributed by atoms with Gasteiger partial charge in [-0.3, -0.25) is 9.00 Å². The van der Waals surface area contributed by atoms with Crippen LogP contribution in [0.3, 0.4) is 0 Å². The maximum atomic E-state index is 12.5. The Hall–Kier alpha value is -1.57. The summed E-state index contributed by atoms with van der Waals surface area (Å²) in [4.78, 5) is 11.4. The molecule has 0 aromatic heterocycles. The standard InChI is InChI=1S/C12H15F3N2O2S/c1-2-5-17-11(18)7-20(19)10-4-3-8(6-9(10)16)12(13,14)15/h3-4,6H,2,5,7,16H2,1H3,(H,17,18). The van der Waals surface area contributed by atoms with Crippen molar-refractivity contribution in [2.45, 2.75) is 24.4 Å². The molecular formula is C12H15F3N2O2S. The smallest absolute Gasteiger partial charge is 0.398 e. The van der Waals surface area contributed by atoms with Crippen molar-refractivity contribution in [1.82, 2.24) is 5.32 Å². The molecule has 0 aliphatic carbocycles. The molecule has 1 aromatic rings. The Balaban J connectivity index is 2.82. The minimum Gasteiger partial charge on any atom is -0.398 e. The van der Waals surface area contributed by atoms with E-state index in [0.717, 1.165) is 24.6 Å². The molecule has 20 heavy (non-hydrogen) atoms. The molecule has 0 spiro atoms. The molecule has 1 unspecified atom stereocenters. The Bertz CT molecular complexity index is 518. The number of anilines is 1. The summed E-state index contributed by atoms with van der Waals surface area (Å²) >= 11 is 0. The number of halogens is 3. The van der Waals surface area contributed by atoms with Gasteiger partial charge >= 0.3 is 6.18 Å². The van der Waals surface area contributed by atoms with E-state index in [-0.39, 0.29) is 16.3 Å². The Morgan fingerprint density at radius 2 is 2.05 bits per heavy atom. The van der Waals surface area contributed by atoms with Gasteiger partial charge in [0.2, 0.25) is 5.91 Å². The molecule has 1 aromatic carbocycles. The van der Waals surface area contributed by atoms with E-state index in [9.17, 15) is 22.2 Å². The number of nitrogens with one attached hydrogen (secondary N) is 1. The van der Waals surface area contributed by atoms with Crippen LogP contribution in [0.25, 0.3) is 0 Å². The number of rotatable bonds is 5. The Morgan fingerprint density at radius 1 is 1.40 bits per heavy atom. The number of carbonyl (C=O) groups excluding carboxylic acids is 1. The highest BCUT2D eigenvalue weighted by molar-refractivity contribution is 7.86. The average Bonchev–Trinajstić information content (AvgIpc) is 2.34. The van der Waals surface area contributed by atoms with Gasteiger partial charge in [-0.05, 0) is 24.6 Å². The molecule has 3 N–H and O–H groups in total. The fourth-order valence-electron chi connectivity index (χ4n) is 1.44. The third kappa shape index (κ3) is 4.52. The van der Waals surface area contributed by atoms with Crippen molar-refractivity contribution in [3.8, 4) is 0 Å². The monoisotopic (exact) mass is 308 g/mol. The summed E-state index contributed by atoms with van der Waals surface area (Å²) in [6, 6.07) is 2.56. The molecule has 1 amide bonds. The summed E-state index contributed by atoms with van der Waals surface area (Å²) in [5, 5.41) is 2.54. The van der Waals surface area contributed by atoms with E-state index in [2.05, 4.69) is 5.32 Å². The van der Waals surface area contributed by atoms with Crippen molar-refractivity contribution < 1.29 is 22.2 Å². The zero-order valence-electron chi connectivity index (χ0n) is 10.8. The van der Waals surface area contributed by atoms with Crippen molar-refractivity contribution in [3.05, 3.63) is 23.8 Å². The van der Waals surface area contributed by atoms with E-state index < -0.39 is 28.4 Å². The maximum Gasteiger partial charge on any atom is 0.416 e. The van der Waals surface area contributed by atoms with Crippen LogP contribution in [-0.4, -0.2) is 22.4 Å². The summed E-state index contributed by atoms with van der Waals surface area (Å²) in [6.07, 6.45) is -3.77.